The van der Waals surface area contributed by atoms with Crippen LogP contribution in [0.1, 0.15) is 25.5 Å². The lowest BCUT2D eigenvalue weighted by molar-refractivity contribution is -0.133. The molecule has 0 aliphatic carbocycles. The molecule has 6 nitrogen and oxygen atoms in total. The van der Waals surface area contributed by atoms with Crippen molar-refractivity contribution in [2.45, 2.75) is 26.4 Å². The van der Waals surface area contributed by atoms with E-state index in [0.29, 0.717) is 17.4 Å². The van der Waals surface area contributed by atoms with Crippen LogP contribution in [0, 0.1) is 0 Å². The number of hydrogen-bond acceptors (Lipinski definition) is 4. The van der Waals surface area contributed by atoms with E-state index in [1.165, 1.54) is 10.9 Å². The van der Waals surface area contributed by atoms with Crippen LogP contribution < -0.4 is 10.3 Å². The highest BCUT2D eigenvalue weighted by Crippen LogP contribution is 2.24. The molecule has 140 valence electrons. The van der Waals surface area contributed by atoms with Crippen LogP contribution >= 0.6 is 0 Å². The number of hydrogen-bond donors (Lipinski definition) is 0. The molecule has 0 spiro atoms. The highest BCUT2D eigenvalue weighted by atomic mass is 16.5. The van der Waals surface area contributed by atoms with Gasteiger partial charge in [-0.05, 0) is 43.7 Å². The summed E-state index contributed by atoms with van der Waals surface area (Å²) in [4.78, 5) is 31.6. The maximum absolute atomic E-state index is 12.9. The lowest BCUT2D eigenvalue weighted by atomic mass is 10.1. The van der Waals surface area contributed by atoms with E-state index in [1.807, 2.05) is 44.2 Å². The van der Waals surface area contributed by atoms with Gasteiger partial charge in [0.1, 0.15) is 12.3 Å². The minimum absolute atomic E-state index is 0.0428. The number of amides is 1. The van der Waals surface area contributed by atoms with Crippen molar-refractivity contribution < 1.29 is 9.53 Å². The minimum Gasteiger partial charge on any atom is -0.497 e. The fourth-order valence-corrected chi connectivity index (χ4v) is 3.20. The van der Waals surface area contributed by atoms with Gasteiger partial charge in [-0.25, -0.2) is 4.98 Å². The summed E-state index contributed by atoms with van der Waals surface area (Å²) in [7, 11) is 1.62. The van der Waals surface area contributed by atoms with E-state index in [1.54, 1.807) is 30.2 Å². The van der Waals surface area contributed by atoms with Gasteiger partial charge in [-0.2, -0.15) is 0 Å². The molecule has 0 saturated heterocycles. The normalized spacial score (nSPS) is 12.0. The van der Waals surface area contributed by atoms with Crippen molar-refractivity contribution in [3.05, 3.63) is 70.8 Å². The summed E-state index contributed by atoms with van der Waals surface area (Å²) in [6.45, 7) is 4.39. The number of methoxy groups -OCH3 is 1. The Morgan fingerprint density at radius 3 is 2.74 bits per heavy atom. The second-order valence-corrected chi connectivity index (χ2v) is 6.33. The number of benzene rings is 2. The average molecular weight is 365 g/mol. The standard InChI is InChI=1S/C21H23N3O3/c1-4-24(15(2)16-8-7-9-17(12-16)27-3)20(25)13-23-14-22-19-11-6-5-10-18(19)21(23)26/h5-12,14-15H,4,13H2,1-3H3. The van der Waals surface area contributed by atoms with Crippen molar-refractivity contribution in [1.29, 1.82) is 0 Å². The van der Waals surface area contributed by atoms with Gasteiger partial charge >= 0.3 is 0 Å². The molecule has 0 bridgehead atoms. The second-order valence-electron chi connectivity index (χ2n) is 6.33. The molecule has 0 fully saturated rings. The number of ether oxygens (including phenoxy) is 1. The molecule has 0 radical (unpaired) electrons. The highest BCUT2D eigenvalue weighted by molar-refractivity contribution is 5.79. The van der Waals surface area contributed by atoms with Crippen LogP contribution in [0.5, 0.6) is 5.75 Å². The number of likely N-dealkylation sites (N-methyl/N-ethyl adjacent to an activating group) is 1. The van der Waals surface area contributed by atoms with Crippen molar-refractivity contribution in [3.8, 4) is 5.75 Å². The third-order valence-corrected chi connectivity index (χ3v) is 4.74. The Balaban J connectivity index is 1.85. The van der Waals surface area contributed by atoms with E-state index >= 15 is 0 Å². The molecule has 1 heterocycles. The monoisotopic (exact) mass is 365 g/mol. The van der Waals surface area contributed by atoms with E-state index in [-0.39, 0.29) is 24.1 Å². The molecule has 0 aliphatic rings. The summed E-state index contributed by atoms with van der Waals surface area (Å²) in [5.74, 6) is 0.616. The first-order chi connectivity index (χ1) is 13.0. The molecule has 27 heavy (non-hydrogen) atoms. The van der Waals surface area contributed by atoms with Crippen molar-refractivity contribution >= 4 is 16.8 Å². The van der Waals surface area contributed by atoms with E-state index in [4.69, 9.17) is 4.74 Å². The van der Waals surface area contributed by atoms with Gasteiger partial charge in [0.25, 0.3) is 5.56 Å². The van der Waals surface area contributed by atoms with Crippen LogP contribution in [0.25, 0.3) is 10.9 Å². The maximum atomic E-state index is 12.9. The molecule has 6 heteroatoms. The first-order valence-electron chi connectivity index (χ1n) is 8.92. The number of nitrogens with zero attached hydrogens (tertiary/aromatic N) is 3. The molecule has 0 saturated carbocycles. The maximum Gasteiger partial charge on any atom is 0.261 e. The number of fused-ring (bicyclic) bond motifs is 1. The summed E-state index contributed by atoms with van der Waals surface area (Å²) in [5, 5.41) is 0.511. The van der Waals surface area contributed by atoms with Crippen LogP contribution in [-0.2, 0) is 11.3 Å². The van der Waals surface area contributed by atoms with Gasteiger partial charge in [-0.3, -0.25) is 14.2 Å². The molecular weight excluding hydrogens is 342 g/mol. The largest absolute Gasteiger partial charge is 0.497 e. The van der Waals surface area contributed by atoms with E-state index in [2.05, 4.69) is 4.98 Å². The zero-order valence-electron chi connectivity index (χ0n) is 15.8. The highest BCUT2D eigenvalue weighted by Gasteiger charge is 2.21. The summed E-state index contributed by atoms with van der Waals surface area (Å²) >= 11 is 0. The third-order valence-electron chi connectivity index (χ3n) is 4.74. The van der Waals surface area contributed by atoms with Gasteiger partial charge in [0, 0.05) is 6.54 Å². The fourth-order valence-electron chi connectivity index (χ4n) is 3.20. The van der Waals surface area contributed by atoms with Gasteiger partial charge in [-0.15, -0.1) is 0 Å². The Labute approximate surface area is 158 Å². The average Bonchev–Trinajstić information content (AvgIpc) is 2.70. The third kappa shape index (κ3) is 3.84. The van der Waals surface area contributed by atoms with Crippen LogP contribution in [0.3, 0.4) is 0 Å². The van der Waals surface area contributed by atoms with E-state index < -0.39 is 0 Å². The van der Waals surface area contributed by atoms with Crippen molar-refractivity contribution in [2.75, 3.05) is 13.7 Å². The zero-order chi connectivity index (χ0) is 19.4. The fraction of sp³-hybridized carbons (Fsp3) is 0.286. The molecule has 3 aromatic rings. The molecule has 2 aromatic carbocycles. The number of carbonyl (C=O) groups excluding carboxylic acids is 1. The Morgan fingerprint density at radius 1 is 1.22 bits per heavy atom. The Bertz CT molecular complexity index is 1010. The van der Waals surface area contributed by atoms with Gasteiger partial charge in [0.15, 0.2) is 0 Å². The lowest BCUT2D eigenvalue weighted by Gasteiger charge is -2.29. The van der Waals surface area contributed by atoms with Crippen LogP contribution in [0.4, 0.5) is 0 Å². The lowest BCUT2D eigenvalue weighted by Crippen LogP contribution is -2.38. The summed E-state index contributed by atoms with van der Waals surface area (Å²) in [5.41, 5.74) is 1.40. The molecule has 0 N–H and O–H groups in total. The van der Waals surface area contributed by atoms with E-state index in [9.17, 15) is 9.59 Å². The predicted octanol–water partition coefficient (Wildman–Crippen LogP) is 3.01. The SMILES string of the molecule is CCN(C(=O)Cn1cnc2ccccc2c1=O)C(C)c1cccc(OC)c1. The first-order valence-corrected chi connectivity index (χ1v) is 8.92. The molecule has 1 amide bonds. The Morgan fingerprint density at radius 2 is 2.00 bits per heavy atom. The number of para-hydroxylation sites is 1. The number of rotatable bonds is 6. The summed E-state index contributed by atoms with van der Waals surface area (Å²) in [6, 6.07) is 14.7. The molecule has 1 atom stereocenters. The first kappa shape index (κ1) is 18.6. The number of aromatic nitrogens is 2. The molecular formula is C21H23N3O3. The minimum atomic E-state index is -0.209. The van der Waals surface area contributed by atoms with Crippen molar-refractivity contribution in [2.24, 2.45) is 0 Å². The smallest absolute Gasteiger partial charge is 0.261 e. The summed E-state index contributed by atoms with van der Waals surface area (Å²) < 4.78 is 6.64. The van der Waals surface area contributed by atoms with Gasteiger partial charge in [0.2, 0.25) is 5.91 Å². The predicted molar refractivity (Wildman–Crippen MR) is 105 cm³/mol. The second kappa shape index (κ2) is 8.03. The quantitative estimate of drug-likeness (QED) is 0.674. The summed E-state index contributed by atoms with van der Waals surface area (Å²) in [6.07, 6.45) is 1.44. The zero-order valence-corrected chi connectivity index (χ0v) is 15.8. The van der Waals surface area contributed by atoms with Crippen LogP contribution in [0.2, 0.25) is 0 Å². The van der Waals surface area contributed by atoms with Crippen LogP contribution in [-0.4, -0.2) is 34.0 Å². The van der Waals surface area contributed by atoms with Gasteiger partial charge < -0.3 is 9.64 Å². The van der Waals surface area contributed by atoms with Gasteiger partial charge in [0.05, 0.1) is 30.4 Å². The molecule has 1 aromatic heterocycles. The molecule has 3 rings (SSSR count). The van der Waals surface area contributed by atoms with Crippen LogP contribution in [0.15, 0.2) is 59.7 Å². The molecule has 1 unspecified atom stereocenters. The van der Waals surface area contributed by atoms with Crippen molar-refractivity contribution in [1.82, 2.24) is 14.5 Å². The topological polar surface area (TPSA) is 64.4 Å². The van der Waals surface area contributed by atoms with Gasteiger partial charge in [-0.1, -0.05) is 24.3 Å². The van der Waals surface area contributed by atoms with E-state index in [0.717, 1.165) is 11.3 Å². The van der Waals surface area contributed by atoms with Crippen molar-refractivity contribution in [3.63, 3.8) is 0 Å². The Hall–Kier alpha value is -3.15. The number of carbonyl (C=O) groups is 1. The Kier molecular flexibility index (Phi) is 5.54. The molecule has 0 aliphatic heterocycles.